The summed E-state index contributed by atoms with van der Waals surface area (Å²) in [5.74, 6) is -1.50. The van der Waals surface area contributed by atoms with E-state index < -0.39 is 34.3 Å². The summed E-state index contributed by atoms with van der Waals surface area (Å²) in [6.45, 7) is 2.95. The van der Waals surface area contributed by atoms with Crippen LogP contribution in [-0.2, 0) is 26.2 Å². The van der Waals surface area contributed by atoms with E-state index in [9.17, 15) is 22.4 Å². The van der Waals surface area contributed by atoms with E-state index in [0.29, 0.717) is 0 Å². The topological polar surface area (TPSA) is 86.8 Å². The fourth-order valence-corrected chi connectivity index (χ4v) is 4.96. The maximum Gasteiger partial charge on any atom is 0.264 e. The lowest BCUT2D eigenvalue weighted by Gasteiger charge is -2.31. The van der Waals surface area contributed by atoms with Crippen molar-refractivity contribution >= 4 is 27.5 Å². The maximum atomic E-state index is 13.6. The summed E-state index contributed by atoms with van der Waals surface area (Å²) >= 11 is 0. The van der Waals surface area contributed by atoms with Crippen LogP contribution in [0, 0.1) is 12.7 Å². The Hall–Kier alpha value is -3.72. The van der Waals surface area contributed by atoms with Gasteiger partial charge in [0.15, 0.2) is 0 Å². The van der Waals surface area contributed by atoms with E-state index in [4.69, 9.17) is 0 Å². The average Bonchev–Trinajstić information content (AvgIpc) is 2.86. The Bertz CT molecular complexity index is 1260. The lowest BCUT2D eigenvalue weighted by molar-refractivity contribution is -0.139. The maximum absolute atomic E-state index is 13.6. The first-order valence-electron chi connectivity index (χ1n) is 11.0. The number of likely N-dealkylation sites (N-methyl/N-ethyl adjacent to an activating group) is 1. The molecule has 9 heteroatoms. The van der Waals surface area contributed by atoms with E-state index in [1.807, 2.05) is 37.3 Å². The minimum atomic E-state index is -4.17. The molecule has 3 aromatic carbocycles. The average molecular weight is 498 g/mol. The van der Waals surface area contributed by atoms with E-state index >= 15 is 0 Å². The summed E-state index contributed by atoms with van der Waals surface area (Å²) in [5, 5.41) is 2.53. The second kappa shape index (κ2) is 11.1. The number of benzene rings is 3. The molecule has 3 aromatic rings. The Labute approximate surface area is 205 Å². The van der Waals surface area contributed by atoms with Crippen LogP contribution in [-0.4, -0.2) is 44.8 Å². The van der Waals surface area contributed by atoms with Gasteiger partial charge < -0.3 is 10.2 Å². The first-order valence-corrected chi connectivity index (χ1v) is 12.5. The van der Waals surface area contributed by atoms with Crippen molar-refractivity contribution in [2.75, 3.05) is 17.9 Å². The molecule has 0 aromatic heterocycles. The Kier molecular flexibility index (Phi) is 8.24. The van der Waals surface area contributed by atoms with Gasteiger partial charge >= 0.3 is 0 Å². The molecule has 0 fully saturated rings. The van der Waals surface area contributed by atoms with Crippen LogP contribution in [0.5, 0.6) is 0 Å². The molecule has 0 radical (unpaired) electrons. The Morgan fingerprint density at radius 1 is 0.943 bits per heavy atom. The first-order chi connectivity index (χ1) is 16.6. The smallest absolute Gasteiger partial charge is 0.264 e. The molecule has 7 nitrogen and oxygen atoms in total. The van der Waals surface area contributed by atoms with Gasteiger partial charge in [-0.3, -0.25) is 13.9 Å². The number of amides is 2. The van der Waals surface area contributed by atoms with Gasteiger partial charge in [-0.15, -0.1) is 0 Å². The van der Waals surface area contributed by atoms with Gasteiger partial charge in [-0.25, -0.2) is 12.8 Å². The molecule has 0 bridgehead atoms. The third-order valence-electron chi connectivity index (χ3n) is 5.61. The van der Waals surface area contributed by atoms with Crippen molar-refractivity contribution < 1.29 is 22.4 Å². The number of nitrogens with one attached hydrogen (secondary N) is 1. The van der Waals surface area contributed by atoms with Crippen molar-refractivity contribution in [3.8, 4) is 0 Å². The number of rotatable bonds is 9. The van der Waals surface area contributed by atoms with Crippen LogP contribution in [0.3, 0.4) is 0 Å². The van der Waals surface area contributed by atoms with E-state index in [0.717, 1.165) is 27.6 Å². The number of hydrogen-bond donors (Lipinski definition) is 1. The summed E-state index contributed by atoms with van der Waals surface area (Å²) in [5.41, 5.74) is 1.79. The minimum absolute atomic E-state index is 0.00539. The van der Waals surface area contributed by atoms with E-state index in [-0.39, 0.29) is 23.0 Å². The summed E-state index contributed by atoms with van der Waals surface area (Å²) in [7, 11) is -2.70. The quantitative estimate of drug-likeness (QED) is 0.490. The highest BCUT2D eigenvalue weighted by Gasteiger charge is 2.32. The largest absolute Gasteiger partial charge is 0.357 e. The molecule has 1 atom stereocenters. The number of anilines is 1. The third-order valence-corrected chi connectivity index (χ3v) is 7.40. The second-order valence-corrected chi connectivity index (χ2v) is 9.96. The summed E-state index contributed by atoms with van der Waals surface area (Å²) < 4.78 is 41.7. The summed E-state index contributed by atoms with van der Waals surface area (Å²) in [6.07, 6.45) is 0. The fourth-order valence-electron chi connectivity index (χ4n) is 3.55. The lowest BCUT2D eigenvalue weighted by Crippen LogP contribution is -2.50. The summed E-state index contributed by atoms with van der Waals surface area (Å²) in [6, 6.07) is 19.3. The molecular formula is C26H28FN3O4S. The molecule has 0 aliphatic heterocycles. The Morgan fingerprint density at radius 3 is 2.11 bits per heavy atom. The second-order valence-electron chi connectivity index (χ2n) is 8.10. The highest BCUT2D eigenvalue weighted by molar-refractivity contribution is 7.92. The zero-order valence-electron chi connectivity index (χ0n) is 19.8. The molecule has 1 unspecified atom stereocenters. The molecule has 35 heavy (non-hydrogen) atoms. The van der Waals surface area contributed by atoms with Crippen LogP contribution in [0.15, 0.2) is 83.8 Å². The van der Waals surface area contributed by atoms with Gasteiger partial charge in [0.2, 0.25) is 11.8 Å². The van der Waals surface area contributed by atoms with Crippen molar-refractivity contribution in [2.24, 2.45) is 0 Å². The standard InChI is InChI=1S/C26H28FN3O4S/c1-19-9-15-24(16-10-19)35(33,34)30(23-13-11-22(27)12-14-23)18-25(31)29(20(2)26(32)28-3)17-21-7-5-4-6-8-21/h4-16,20H,17-18H2,1-3H3,(H,28,32). The van der Waals surface area contributed by atoms with Gasteiger partial charge in [0.25, 0.3) is 10.0 Å². The molecular weight excluding hydrogens is 469 g/mol. The van der Waals surface area contributed by atoms with Gasteiger partial charge in [-0.1, -0.05) is 48.0 Å². The number of aryl methyl sites for hydroxylation is 1. The fraction of sp³-hybridized carbons (Fsp3) is 0.231. The van der Waals surface area contributed by atoms with E-state index in [1.54, 1.807) is 19.1 Å². The predicted molar refractivity (Wildman–Crippen MR) is 133 cm³/mol. The molecule has 1 N–H and O–H groups in total. The van der Waals surface area contributed by atoms with E-state index in [2.05, 4.69) is 5.32 Å². The molecule has 0 saturated carbocycles. The number of nitrogens with zero attached hydrogens (tertiary/aromatic N) is 2. The Morgan fingerprint density at radius 2 is 1.54 bits per heavy atom. The molecule has 2 amide bonds. The minimum Gasteiger partial charge on any atom is -0.357 e. The summed E-state index contributed by atoms with van der Waals surface area (Å²) in [4.78, 5) is 27.3. The zero-order chi connectivity index (χ0) is 25.6. The SMILES string of the molecule is CNC(=O)C(C)N(Cc1ccccc1)C(=O)CN(c1ccc(F)cc1)S(=O)(=O)c1ccc(C)cc1. The van der Waals surface area contributed by atoms with Crippen molar-refractivity contribution in [3.63, 3.8) is 0 Å². The Balaban J connectivity index is 2.01. The van der Waals surface area contributed by atoms with Crippen LogP contribution in [0.25, 0.3) is 0 Å². The van der Waals surface area contributed by atoms with Crippen LogP contribution >= 0.6 is 0 Å². The first kappa shape index (κ1) is 25.9. The number of hydrogen-bond acceptors (Lipinski definition) is 4. The van der Waals surface area contributed by atoms with Gasteiger partial charge in [0.1, 0.15) is 18.4 Å². The molecule has 0 aliphatic rings. The highest BCUT2D eigenvalue weighted by Crippen LogP contribution is 2.25. The normalized spacial score (nSPS) is 12.0. The molecule has 184 valence electrons. The van der Waals surface area contributed by atoms with Gasteiger partial charge in [0, 0.05) is 13.6 Å². The van der Waals surface area contributed by atoms with Crippen molar-refractivity contribution in [3.05, 3.63) is 95.8 Å². The molecule has 0 heterocycles. The number of carbonyl (C=O) groups excluding carboxylic acids is 2. The molecule has 3 rings (SSSR count). The zero-order valence-corrected chi connectivity index (χ0v) is 20.6. The molecule has 0 aliphatic carbocycles. The third kappa shape index (κ3) is 6.24. The predicted octanol–water partition coefficient (Wildman–Crippen LogP) is 3.49. The monoisotopic (exact) mass is 497 g/mol. The van der Waals surface area contributed by atoms with Crippen LogP contribution in [0.1, 0.15) is 18.1 Å². The van der Waals surface area contributed by atoms with Gasteiger partial charge in [-0.2, -0.15) is 0 Å². The number of halogens is 1. The van der Waals surface area contributed by atoms with Crippen LogP contribution in [0.2, 0.25) is 0 Å². The van der Waals surface area contributed by atoms with Gasteiger partial charge in [-0.05, 0) is 55.8 Å². The van der Waals surface area contributed by atoms with Crippen molar-refractivity contribution in [2.45, 2.75) is 31.3 Å². The van der Waals surface area contributed by atoms with Crippen molar-refractivity contribution in [1.29, 1.82) is 0 Å². The van der Waals surface area contributed by atoms with Crippen LogP contribution in [0.4, 0.5) is 10.1 Å². The highest BCUT2D eigenvalue weighted by atomic mass is 32.2. The lowest BCUT2D eigenvalue weighted by atomic mass is 10.1. The van der Waals surface area contributed by atoms with Gasteiger partial charge in [0.05, 0.1) is 10.6 Å². The number of carbonyl (C=O) groups is 2. The van der Waals surface area contributed by atoms with Crippen molar-refractivity contribution in [1.82, 2.24) is 10.2 Å². The van der Waals surface area contributed by atoms with E-state index in [1.165, 1.54) is 36.2 Å². The van der Waals surface area contributed by atoms with Crippen LogP contribution < -0.4 is 9.62 Å². The molecule has 0 saturated heterocycles. The molecule has 0 spiro atoms. The number of sulfonamides is 1.